The number of rotatable bonds is 6. The molecule has 0 heterocycles. The van der Waals surface area contributed by atoms with Crippen LogP contribution in [0.25, 0.3) is 0 Å². The van der Waals surface area contributed by atoms with Gasteiger partial charge in [-0.1, -0.05) is 0 Å². The van der Waals surface area contributed by atoms with Crippen LogP contribution < -0.4 is 5.32 Å². The van der Waals surface area contributed by atoms with Crippen LogP contribution in [-0.2, 0) is 23.9 Å². The molecule has 4 rings (SSSR count). The number of esters is 2. The zero-order valence-electron chi connectivity index (χ0n) is 17.0. The highest BCUT2D eigenvalue weighted by Gasteiger charge is 2.55. The standard InChI is InChI=1S/C21H33NO5/c1-20(2,3)27-17(23)6-5-16(18(24)26-4)22-19(25)21-10-13-7-14(11-21)9-15(8-13)12-21/h13-16H,5-12H2,1-4H3,(H,22,25)/t13?,14?,15?,16-,21?/m1/s1. The second-order valence-corrected chi connectivity index (χ2v) is 9.87. The van der Waals surface area contributed by atoms with E-state index in [-0.39, 0.29) is 30.1 Å². The van der Waals surface area contributed by atoms with Gasteiger partial charge < -0.3 is 14.8 Å². The first kappa shape index (κ1) is 20.2. The molecule has 4 aliphatic carbocycles. The van der Waals surface area contributed by atoms with Gasteiger partial charge in [0.2, 0.25) is 5.91 Å². The second-order valence-electron chi connectivity index (χ2n) is 9.87. The quantitative estimate of drug-likeness (QED) is 0.718. The van der Waals surface area contributed by atoms with Gasteiger partial charge in [0.1, 0.15) is 11.6 Å². The van der Waals surface area contributed by atoms with Crippen molar-refractivity contribution in [1.29, 1.82) is 0 Å². The molecular weight excluding hydrogens is 346 g/mol. The Morgan fingerprint density at radius 2 is 1.56 bits per heavy atom. The first-order valence-corrected chi connectivity index (χ1v) is 10.2. The fourth-order valence-electron chi connectivity index (χ4n) is 5.75. The molecule has 1 atom stereocenters. The van der Waals surface area contributed by atoms with E-state index < -0.39 is 17.6 Å². The Morgan fingerprint density at radius 1 is 1.04 bits per heavy atom. The zero-order chi connectivity index (χ0) is 19.8. The van der Waals surface area contributed by atoms with Gasteiger partial charge in [0, 0.05) is 11.8 Å². The minimum absolute atomic E-state index is 0.0267. The van der Waals surface area contributed by atoms with Crippen molar-refractivity contribution in [2.24, 2.45) is 23.2 Å². The van der Waals surface area contributed by atoms with Crippen LogP contribution in [0.3, 0.4) is 0 Å². The molecule has 1 N–H and O–H groups in total. The Bertz CT molecular complexity index is 571. The lowest BCUT2D eigenvalue weighted by Gasteiger charge is -2.55. The van der Waals surface area contributed by atoms with E-state index in [1.807, 2.05) is 0 Å². The van der Waals surface area contributed by atoms with Crippen LogP contribution in [0.15, 0.2) is 0 Å². The molecule has 0 aromatic carbocycles. The number of nitrogens with one attached hydrogen (secondary N) is 1. The lowest BCUT2D eigenvalue weighted by Crippen LogP contribution is -2.56. The molecule has 27 heavy (non-hydrogen) atoms. The summed E-state index contributed by atoms with van der Waals surface area (Å²) in [6.45, 7) is 5.41. The fraction of sp³-hybridized carbons (Fsp3) is 0.857. The van der Waals surface area contributed by atoms with Crippen LogP contribution in [0.1, 0.15) is 72.1 Å². The number of hydrogen-bond donors (Lipinski definition) is 1. The Morgan fingerprint density at radius 3 is 2.00 bits per heavy atom. The van der Waals surface area contributed by atoms with Gasteiger partial charge in [-0.2, -0.15) is 0 Å². The largest absolute Gasteiger partial charge is 0.467 e. The van der Waals surface area contributed by atoms with Crippen LogP contribution >= 0.6 is 0 Å². The molecule has 0 radical (unpaired) electrons. The van der Waals surface area contributed by atoms with Crippen molar-refractivity contribution in [3.05, 3.63) is 0 Å². The maximum Gasteiger partial charge on any atom is 0.328 e. The van der Waals surface area contributed by atoms with Crippen molar-refractivity contribution in [2.45, 2.75) is 83.8 Å². The van der Waals surface area contributed by atoms with E-state index in [2.05, 4.69) is 5.32 Å². The molecule has 1 amide bonds. The molecule has 0 saturated heterocycles. The summed E-state index contributed by atoms with van der Waals surface area (Å²) < 4.78 is 10.2. The van der Waals surface area contributed by atoms with E-state index in [1.165, 1.54) is 26.4 Å². The van der Waals surface area contributed by atoms with Gasteiger partial charge in [0.05, 0.1) is 7.11 Å². The number of carbonyl (C=O) groups excluding carboxylic acids is 3. The molecule has 0 aromatic rings. The topological polar surface area (TPSA) is 81.7 Å². The third-order valence-electron chi connectivity index (χ3n) is 6.37. The molecule has 0 spiro atoms. The molecule has 0 aliphatic heterocycles. The summed E-state index contributed by atoms with van der Waals surface area (Å²) in [6.07, 6.45) is 6.83. The van der Waals surface area contributed by atoms with E-state index in [1.54, 1.807) is 20.8 Å². The maximum atomic E-state index is 13.2. The molecule has 4 bridgehead atoms. The average molecular weight is 379 g/mol. The number of methoxy groups -OCH3 is 1. The van der Waals surface area contributed by atoms with E-state index in [9.17, 15) is 14.4 Å². The van der Waals surface area contributed by atoms with Gasteiger partial charge in [-0.05, 0) is 83.5 Å². The van der Waals surface area contributed by atoms with E-state index in [0.717, 1.165) is 19.3 Å². The summed E-state index contributed by atoms with van der Waals surface area (Å²) in [5, 5.41) is 2.92. The highest BCUT2D eigenvalue weighted by molar-refractivity contribution is 5.88. The Hall–Kier alpha value is -1.59. The van der Waals surface area contributed by atoms with Gasteiger partial charge in [-0.3, -0.25) is 9.59 Å². The summed E-state index contributed by atoms with van der Waals surface area (Å²) in [4.78, 5) is 37.3. The lowest BCUT2D eigenvalue weighted by atomic mass is 9.49. The minimum Gasteiger partial charge on any atom is -0.467 e. The molecule has 0 unspecified atom stereocenters. The van der Waals surface area contributed by atoms with Crippen molar-refractivity contribution in [1.82, 2.24) is 5.32 Å². The van der Waals surface area contributed by atoms with Crippen molar-refractivity contribution < 1.29 is 23.9 Å². The highest BCUT2D eigenvalue weighted by Crippen LogP contribution is 2.60. The molecular formula is C21H33NO5. The molecule has 0 aromatic heterocycles. The van der Waals surface area contributed by atoms with E-state index in [0.29, 0.717) is 17.8 Å². The van der Waals surface area contributed by atoms with Crippen LogP contribution in [0.2, 0.25) is 0 Å². The smallest absolute Gasteiger partial charge is 0.328 e. The summed E-state index contributed by atoms with van der Waals surface area (Å²) >= 11 is 0. The molecule has 4 saturated carbocycles. The Balaban J connectivity index is 1.62. The minimum atomic E-state index is -0.803. The van der Waals surface area contributed by atoms with Gasteiger partial charge in [-0.25, -0.2) is 4.79 Å². The molecule has 152 valence electrons. The van der Waals surface area contributed by atoms with Crippen LogP contribution in [-0.4, -0.2) is 36.6 Å². The highest BCUT2D eigenvalue weighted by atomic mass is 16.6. The monoisotopic (exact) mass is 379 g/mol. The molecule has 6 nitrogen and oxygen atoms in total. The first-order valence-electron chi connectivity index (χ1n) is 10.2. The van der Waals surface area contributed by atoms with E-state index >= 15 is 0 Å². The van der Waals surface area contributed by atoms with Gasteiger partial charge in [0.15, 0.2) is 0 Å². The number of hydrogen-bond acceptors (Lipinski definition) is 5. The predicted molar refractivity (Wildman–Crippen MR) is 99.6 cm³/mol. The first-order chi connectivity index (χ1) is 12.6. The SMILES string of the molecule is COC(=O)[C@@H](CCC(=O)OC(C)(C)C)NC(=O)C12CC3CC(CC(C3)C1)C2. The van der Waals surface area contributed by atoms with Gasteiger partial charge in [-0.15, -0.1) is 0 Å². The number of carbonyl (C=O) groups is 3. The Labute approximate surface area is 161 Å². The third kappa shape index (κ3) is 4.64. The summed E-state index contributed by atoms with van der Waals surface area (Å²) in [6, 6.07) is -0.803. The zero-order valence-corrected chi connectivity index (χ0v) is 17.0. The van der Waals surface area contributed by atoms with Crippen LogP contribution in [0.4, 0.5) is 0 Å². The average Bonchev–Trinajstić information content (AvgIpc) is 2.54. The van der Waals surface area contributed by atoms with Crippen molar-refractivity contribution in [2.75, 3.05) is 7.11 Å². The van der Waals surface area contributed by atoms with Crippen molar-refractivity contribution in [3.8, 4) is 0 Å². The molecule has 6 heteroatoms. The summed E-state index contributed by atoms with van der Waals surface area (Å²) in [7, 11) is 1.31. The van der Waals surface area contributed by atoms with Crippen molar-refractivity contribution >= 4 is 17.8 Å². The second kappa shape index (κ2) is 7.44. The normalized spacial score (nSPS) is 32.7. The fourth-order valence-corrected chi connectivity index (χ4v) is 5.75. The van der Waals surface area contributed by atoms with E-state index in [4.69, 9.17) is 9.47 Å². The van der Waals surface area contributed by atoms with Gasteiger partial charge >= 0.3 is 11.9 Å². The lowest BCUT2D eigenvalue weighted by molar-refractivity contribution is -0.157. The summed E-state index contributed by atoms with van der Waals surface area (Å²) in [5.74, 6) is 1.05. The Kier molecular flexibility index (Phi) is 5.55. The van der Waals surface area contributed by atoms with Crippen LogP contribution in [0.5, 0.6) is 0 Å². The predicted octanol–water partition coefficient (Wildman–Crippen LogP) is 2.98. The van der Waals surface area contributed by atoms with Gasteiger partial charge in [0.25, 0.3) is 0 Å². The number of amides is 1. The molecule has 4 fully saturated rings. The molecule has 4 aliphatic rings. The summed E-state index contributed by atoms with van der Waals surface area (Å²) in [5.41, 5.74) is -0.896. The number of ether oxygens (including phenoxy) is 2. The van der Waals surface area contributed by atoms with Crippen molar-refractivity contribution in [3.63, 3.8) is 0 Å². The third-order valence-corrected chi connectivity index (χ3v) is 6.37. The van der Waals surface area contributed by atoms with Crippen LogP contribution in [0, 0.1) is 23.2 Å². The maximum absolute atomic E-state index is 13.2.